The third-order valence-corrected chi connectivity index (χ3v) is 9.25. The highest BCUT2D eigenvalue weighted by Crippen LogP contribution is 2.35. The van der Waals surface area contributed by atoms with Gasteiger partial charge in [0.05, 0.1) is 11.9 Å². The lowest BCUT2D eigenvalue weighted by atomic mass is 9.80. The number of alkyl halides is 3. The maximum Gasteiger partial charge on any atom is 0.405 e. The standard InChI is InChI=1S/C32H41F3N6O2Si/c1-22(2)32(36,30(42)40-20-31(33,34)35)25-13-24(16-37-17-25)28-19-41(21-43-11-12-44(3,4)5)29-27(28)14-26(18-39-29)38-15-23-9-7-6-8-10-23/h6-10,13-14,16-19,22,38H,11-12,15,20-21,36H2,1-5H3,(H,40,42)/t32-/m1/s1. The van der Waals surface area contributed by atoms with Gasteiger partial charge < -0.3 is 25.7 Å². The van der Waals surface area contributed by atoms with Crippen molar-refractivity contribution in [1.82, 2.24) is 19.9 Å². The predicted octanol–water partition coefficient (Wildman–Crippen LogP) is 6.51. The SMILES string of the molecule is CC(C)[C@](N)(C(=O)NCC(F)(F)F)c1cncc(-c2cn(COCC[Si](C)(C)C)c3ncc(NCc4ccccc4)cc23)c1. The van der Waals surface area contributed by atoms with Crippen LogP contribution in [0.2, 0.25) is 25.7 Å². The molecule has 0 aliphatic heterocycles. The topological polar surface area (TPSA) is 107 Å². The highest BCUT2D eigenvalue weighted by Gasteiger charge is 2.41. The number of benzene rings is 1. The van der Waals surface area contributed by atoms with E-state index >= 15 is 0 Å². The summed E-state index contributed by atoms with van der Waals surface area (Å²) in [5.74, 6) is -1.44. The molecule has 0 spiro atoms. The van der Waals surface area contributed by atoms with Crippen LogP contribution in [0.3, 0.4) is 0 Å². The van der Waals surface area contributed by atoms with Crippen LogP contribution in [0.25, 0.3) is 22.2 Å². The first-order valence-corrected chi connectivity index (χ1v) is 18.3. The maximum atomic E-state index is 13.1. The quantitative estimate of drug-likeness (QED) is 0.115. The van der Waals surface area contributed by atoms with Crippen LogP contribution in [0, 0.1) is 5.92 Å². The van der Waals surface area contributed by atoms with Crippen LogP contribution in [-0.2, 0) is 28.3 Å². The molecule has 0 aliphatic carbocycles. The second kappa shape index (κ2) is 13.5. The molecule has 1 amide bonds. The van der Waals surface area contributed by atoms with Crippen LogP contribution in [0.4, 0.5) is 18.9 Å². The number of anilines is 1. The minimum atomic E-state index is -4.56. The van der Waals surface area contributed by atoms with E-state index in [0.717, 1.165) is 28.2 Å². The van der Waals surface area contributed by atoms with Crippen LogP contribution in [0.15, 0.2) is 67.3 Å². The van der Waals surface area contributed by atoms with E-state index in [1.54, 1.807) is 32.3 Å². The summed E-state index contributed by atoms with van der Waals surface area (Å²) in [4.78, 5) is 22.2. The number of ether oxygens (including phenoxy) is 1. The number of halogens is 3. The number of nitrogens with one attached hydrogen (secondary N) is 2. The van der Waals surface area contributed by atoms with Gasteiger partial charge in [-0.3, -0.25) is 9.78 Å². The molecule has 0 aliphatic rings. The number of pyridine rings is 2. The number of fused-ring (bicyclic) bond motifs is 1. The Bertz CT molecular complexity index is 1570. The van der Waals surface area contributed by atoms with E-state index in [4.69, 9.17) is 15.5 Å². The summed E-state index contributed by atoms with van der Waals surface area (Å²) in [6.45, 7) is 10.3. The van der Waals surface area contributed by atoms with E-state index in [-0.39, 0.29) is 0 Å². The van der Waals surface area contributed by atoms with Crippen LogP contribution in [-0.4, -0.2) is 47.8 Å². The molecule has 4 rings (SSSR count). The lowest BCUT2D eigenvalue weighted by Crippen LogP contribution is -2.56. The number of carbonyl (C=O) groups excluding carboxylic acids is 1. The van der Waals surface area contributed by atoms with E-state index < -0.39 is 38.2 Å². The Hall–Kier alpha value is -3.74. The van der Waals surface area contributed by atoms with Gasteiger partial charge >= 0.3 is 6.18 Å². The monoisotopic (exact) mass is 626 g/mol. The minimum absolute atomic E-state index is 0.296. The number of hydrogen-bond donors (Lipinski definition) is 3. The summed E-state index contributed by atoms with van der Waals surface area (Å²) in [7, 11) is -1.27. The molecule has 0 fully saturated rings. The molecule has 236 valence electrons. The van der Waals surface area contributed by atoms with Gasteiger partial charge in [0.2, 0.25) is 5.91 Å². The molecule has 44 heavy (non-hydrogen) atoms. The molecule has 3 aromatic heterocycles. The third kappa shape index (κ3) is 8.24. The molecule has 1 aromatic carbocycles. The molecule has 3 heterocycles. The minimum Gasteiger partial charge on any atom is -0.380 e. The number of nitrogens with zero attached hydrogens (tertiary/aromatic N) is 3. The summed E-state index contributed by atoms with van der Waals surface area (Å²) in [5, 5.41) is 6.20. The lowest BCUT2D eigenvalue weighted by molar-refractivity contribution is -0.143. The fourth-order valence-corrected chi connectivity index (χ4v) is 5.56. The fraction of sp³-hybridized carbons (Fsp3) is 0.406. The molecule has 4 aromatic rings. The molecule has 8 nitrogen and oxygen atoms in total. The first kappa shape index (κ1) is 33.2. The molecular weight excluding hydrogens is 585 g/mol. The van der Waals surface area contributed by atoms with E-state index in [9.17, 15) is 18.0 Å². The molecule has 1 atom stereocenters. The zero-order valence-corrected chi connectivity index (χ0v) is 26.8. The first-order valence-electron chi connectivity index (χ1n) is 14.6. The van der Waals surface area contributed by atoms with Crippen molar-refractivity contribution in [2.75, 3.05) is 18.5 Å². The smallest absolute Gasteiger partial charge is 0.380 e. The molecule has 0 bridgehead atoms. The van der Waals surface area contributed by atoms with Gasteiger partial charge in [-0.15, -0.1) is 0 Å². The van der Waals surface area contributed by atoms with Gasteiger partial charge in [-0.1, -0.05) is 63.8 Å². The fourth-order valence-electron chi connectivity index (χ4n) is 4.80. The summed E-state index contributed by atoms with van der Waals surface area (Å²) < 4.78 is 46.7. The van der Waals surface area contributed by atoms with Gasteiger partial charge in [0, 0.05) is 61.9 Å². The van der Waals surface area contributed by atoms with Crippen molar-refractivity contribution >= 4 is 30.7 Å². The number of nitrogens with two attached hydrogens (primary N) is 1. The third-order valence-electron chi connectivity index (χ3n) is 7.54. The molecule has 0 radical (unpaired) electrons. The Morgan fingerprint density at radius 1 is 1.09 bits per heavy atom. The summed E-state index contributed by atoms with van der Waals surface area (Å²) in [6.07, 6.45) is 2.21. The van der Waals surface area contributed by atoms with Gasteiger partial charge in [0.15, 0.2) is 0 Å². The van der Waals surface area contributed by atoms with E-state index in [1.807, 2.05) is 52.5 Å². The van der Waals surface area contributed by atoms with E-state index in [2.05, 4.69) is 29.9 Å². The molecule has 0 saturated heterocycles. The van der Waals surface area contributed by atoms with E-state index in [0.29, 0.717) is 36.7 Å². The van der Waals surface area contributed by atoms with Crippen molar-refractivity contribution in [1.29, 1.82) is 0 Å². The zero-order valence-electron chi connectivity index (χ0n) is 25.8. The van der Waals surface area contributed by atoms with Crippen molar-refractivity contribution in [3.05, 3.63) is 78.4 Å². The van der Waals surface area contributed by atoms with Crippen molar-refractivity contribution in [2.45, 2.75) is 64.5 Å². The highest BCUT2D eigenvalue weighted by molar-refractivity contribution is 6.76. The largest absolute Gasteiger partial charge is 0.405 e. The number of aromatic nitrogens is 3. The average Bonchev–Trinajstić information content (AvgIpc) is 3.34. The van der Waals surface area contributed by atoms with Gasteiger partial charge in [0.25, 0.3) is 0 Å². The van der Waals surface area contributed by atoms with Gasteiger partial charge in [-0.25, -0.2) is 4.98 Å². The van der Waals surface area contributed by atoms with Gasteiger partial charge in [0.1, 0.15) is 24.5 Å². The number of hydrogen-bond acceptors (Lipinski definition) is 6. The molecule has 0 saturated carbocycles. The van der Waals surface area contributed by atoms with Gasteiger partial charge in [-0.2, -0.15) is 13.2 Å². The number of amides is 1. The summed E-state index contributed by atoms with van der Waals surface area (Å²) in [5.41, 5.74) is 9.20. The Morgan fingerprint density at radius 2 is 1.82 bits per heavy atom. The first-order chi connectivity index (χ1) is 20.7. The highest BCUT2D eigenvalue weighted by atomic mass is 28.3. The van der Waals surface area contributed by atoms with Crippen LogP contribution < -0.4 is 16.4 Å². The molecule has 0 unspecified atom stereocenters. The Morgan fingerprint density at radius 3 is 2.48 bits per heavy atom. The van der Waals surface area contributed by atoms with Crippen LogP contribution in [0.1, 0.15) is 25.0 Å². The maximum absolute atomic E-state index is 13.1. The van der Waals surface area contributed by atoms with Gasteiger partial charge in [-0.05, 0) is 29.7 Å². The Kier molecular flexibility index (Phi) is 10.2. The Balaban J connectivity index is 1.72. The number of rotatable bonds is 13. The second-order valence-corrected chi connectivity index (χ2v) is 18.2. The Labute approximate surface area is 257 Å². The average molecular weight is 627 g/mol. The lowest BCUT2D eigenvalue weighted by Gasteiger charge is -2.32. The zero-order chi connectivity index (χ0) is 32.1. The van der Waals surface area contributed by atoms with Crippen LogP contribution in [0.5, 0.6) is 0 Å². The summed E-state index contributed by atoms with van der Waals surface area (Å²) >= 11 is 0. The van der Waals surface area contributed by atoms with Crippen molar-refractivity contribution in [3.8, 4) is 11.1 Å². The van der Waals surface area contributed by atoms with Crippen molar-refractivity contribution < 1.29 is 22.7 Å². The second-order valence-electron chi connectivity index (χ2n) is 12.6. The molecule has 4 N–H and O–H groups in total. The molecule has 12 heteroatoms. The number of carbonyl (C=O) groups is 1. The summed E-state index contributed by atoms with van der Waals surface area (Å²) in [6, 6.07) is 14.7. The molecular formula is C32H41F3N6O2Si. The van der Waals surface area contributed by atoms with Crippen molar-refractivity contribution in [3.63, 3.8) is 0 Å². The van der Waals surface area contributed by atoms with E-state index in [1.165, 1.54) is 6.20 Å². The normalized spacial score (nSPS) is 13.7. The predicted molar refractivity (Wildman–Crippen MR) is 171 cm³/mol. The van der Waals surface area contributed by atoms with Crippen molar-refractivity contribution in [2.24, 2.45) is 11.7 Å². The van der Waals surface area contributed by atoms with Crippen LogP contribution >= 0.6 is 0 Å².